The van der Waals surface area contributed by atoms with Gasteiger partial charge >= 0.3 is 0 Å². The third-order valence-electron chi connectivity index (χ3n) is 4.02. The number of amides is 1. The van der Waals surface area contributed by atoms with Gasteiger partial charge in [0, 0.05) is 23.6 Å². The minimum Gasteiger partial charge on any atom is -0.378 e. The van der Waals surface area contributed by atoms with Crippen molar-refractivity contribution in [1.82, 2.24) is 15.5 Å². The molecule has 1 amide bonds. The molecule has 2 unspecified atom stereocenters. The highest BCUT2D eigenvalue weighted by Crippen LogP contribution is 2.21. The van der Waals surface area contributed by atoms with Crippen LogP contribution in [0.4, 0.5) is 0 Å². The molecule has 7 heteroatoms. The summed E-state index contributed by atoms with van der Waals surface area (Å²) in [6, 6.07) is 6.83. The van der Waals surface area contributed by atoms with Crippen molar-refractivity contribution < 1.29 is 14.1 Å². The Morgan fingerprint density at radius 2 is 2.21 bits per heavy atom. The summed E-state index contributed by atoms with van der Waals surface area (Å²) in [5.41, 5.74) is 0.787. The maximum absolute atomic E-state index is 12.0. The number of rotatable bonds is 6. The van der Waals surface area contributed by atoms with E-state index in [4.69, 9.17) is 20.9 Å². The zero-order valence-corrected chi connectivity index (χ0v) is 14.3. The van der Waals surface area contributed by atoms with E-state index in [9.17, 15) is 4.79 Å². The second-order valence-corrected chi connectivity index (χ2v) is 6.36. The maximum atomic E-state index is 12.0. The quantitative estimate of drug-likeness (QED) is 0.863. The summed E-state index contributed by atoms with van der Waals surface area (Å²) in [5, 5.41) is 7.48. The number of aromatic nitrogens is 2. The molecule has 2 atom stereocenters. The number of nitrogens with one attached hydrogen (secondary N) is 1. The van der Waals surface area contributed by atoms with Crippen molar-refractivity contribution in [2.45, 2.75) is 44.8 Å². The van der Waals surface area contributed by atoms with Crippen LogP contribution >= 0.6 is 11.6 Å². The van der Waals surface area contributed by atoms with Gasteiger partial charge < -0.3 is 14.6 Å². The van der Waals surface area contributed by atoms with Crippen LogP contribution in [0.15, 0.2) is 28.8 Å². The van der Waals surface area contributed by atoms with Gasteiger partial charge in [-0.15, -0.1) is 0 Å². The third-order valence-corrected chi connectivity index (χ3v) is 4.27. The van der Waals surface area contributed by atoms with Crippen LogP contribution in [0.1, 0.15) is 44.5 Å². The summed E-state index contributed by atoms with van der Waals surface area (Å²) in [4.78, 5) is 16.4. The summed E-state index contributed by atoms with van der Waals surface area (Å²) in [6.45, 7) is 2.64. The second-order valence-electron chi connectivity index (χ2n) is 5.93. The van der Waals surface area contributed by atoms with Crippen molar-refractivity contribution in [2.24, 2.45) is 0 Å². The molecule has 1 aromatic heterocycles. The lowest BCUT2D eigenvalue weighted by Crippen LogP contribution is -2.28. The lowest BCUT2D eigenvalue weighted by molar-refractivity contribution is -0.122. The van der Waals surface area contributed by atoms with E-state index in [0.29, 0.717) is 23.2 Å². The van der Waals surface area contributed by atoms with E-state index in [1.807, 2.05) is 19.1 Å². The van der Waals surface area contributed by atoms with E-state index in [-0.39, 0.29) is 18.1 Å². The molecule has 2 heterocycles. The largest absolute Gasteiger partial charge is 0.378 e. The van der Waals surface area contributed by atoms with Crippen LogP contribution in [0.3, 0.4) is 0 Å². The number of nitrogens with zero attached hydrogens (tertiary/aromatic N) is 2. The predicted octanol–water partition coefficient (Wildman–Crippen LogP) is 3.53. The smallest absolute Gasteiger partial charge is 0.257 e. The maximum Gasteiger partial charge on any atom is 0.257 e. The Kier molecular flexibility index (Phi) is 5.48. The standard InChI is InChI=1S/C17H20ClN3O3/c1-11(19-15(22)9-8-14-3-2-10-23-14)16-20-17(24-21-16)12-4-6-13(18)7-5-12/h4-7,11,14H,2-3,8-10H2,1H3,(H,19,22). The minimum absolute atomic E-state index is 0.0316. The fraction of sp³-hybridized carbons (Fsp3) is 0.471. The van der Waals surface area contributed by atoms with Crippen LogP contribution in [0, 0.1) is 0 Å². The third kappa shape index (κ3) is 4.33. The summed E-state index contributed by atoms with van der Waals surface area (Å²) >= 11 is 5.87. The number of hydrogen-bond acceptors (Lipinski definition) is 5. The highest BCUT2D eigenvalue weighted by Gasteiger charge is 2.19. The molecule has 2 aromatic rings. The van der Waals surface area contributed by atoms with Crippen molar-refractivity contribution in [3.05, 3.63) is 35.1 Å². The summed E-state index contributed by atoms with van der Waals surface area (Å²) in [5.74, 6) is 0.823. The lowest BCUT2D eigenvalue weighted by Gasteiger charge is -2.12. The van der Waals surface area contributed by atoms with Gasteiger partial charge in [-0.05, 0) is 50.5 Å². The Labute approximate surface area is 145 Å². The summed E-state index contributed by atoms with van der Waals surface area (Å²) in [7, 11) is 0. The molecule has 0 aliphatic carbocycles. The SMILES string of the molecule is CC(NC(=O)CCC1CCCO1)c1noc(-c2ccc(Cl)cc2)n1. The van der Waals surface area contributed by atoms with Gasteiger partial charge in [-0.25, -0.2) is 0 Å². The van der Waals surface area contributed by atoms with Gasteiger partial charge in [0.05, 0.1) is 12.1 Å². The highest BCUT2D eigenvalue weighted by molar-refractivity contribution is 6.30. The topological polar surface area (TPSA) is 77.2 Å². The Morgan fingerprint density at radius 3 is 2.92 bits per heavy atom. The van der Waals surface area contributed by atoms with Gasteiger partial charge in [-0.1, -0.05) is 16.8 Å². The molecule has 0 saturated carbocycles. The number of benzene rings is 1. The summed E-state index contributed by atoms with van der Waals surface area (Å²) in [6.07, 6.45) is 3.53. The van der Waals surface area contributed by atoms with Gasteiger partial charge in [0.15, 0.2) is 5.82 Å². The average Bonchev–Trinajstić information content (AvgIpc) is 3.25. The van der Waals surface area contributed by atoms with Gasteiger partial charge in [0.25, 0.3) is 5.89 Å². The minimum atomic E-state index is -0.313. The Morgan fingerprint density at radius 1 is 1.42 bits per heavy atom. The molecular formula is C17H20ClN3O3. The molecule has 128 valence electrons. The normalized spacial score (nSPS) is 18.5. The highest BCUT2D eigenvalue weighted by atomic mass is 35.5. The number of carbonyl (C=O) groups is 1. The van der Waals surface area contributed by atoms with Gasteiger partial charge in [-0.2, -0.15) is 4.98 Å². The molecule has 1 fully saturated rings. The van der Waals surface area contributed by atoms with Crippen LogP contribution in [0.2, 0.25) is 5.02 Å². The average molecular weight is 350 g/mol. The lowest BCUT2D eigenvalue weighted by atomic mass is 10.1. The first kappa shape index (κ1) is 16.9. The van der Waals surface area contributed by atoms with Crippen LogP contribution in [-0.4, -0.2) is 28.8 Å². The molecule has 1 aliphatic rings. The van der Waals surface area contributed by atoms with Crippen molar-refractivity contribution in [1.29, 1.82) is 0 Å². The van der Waals surface area contributed by atoms with Crippen LogP contribution in [0.5, 0.6) is 0 Å². The second kappa shape index (κ2) is 7.77. The van der Waals surface area contributed by atoms with Crippen molar-refractivity contribution in [2.75, 3.05) is 6.61 Å². The summed E-state index contributed by atoms with van der Waals surface area (Å²) < 4.78 is 10.8. The molecule has 1 aliphatic heterocycles. The molecule has 1 saturated heterocycles. The molecule has 3 rings (SSSR count). The van der Waals surface area contributed by atoms with Crippen molar-refractivity contribution in [3.8, 4) is 11.5 Å². The fourth-order valence-corrected chi connectivity index (χ4v) is 2.79. The van der Waals surface area contributed by atoms with E-state index >= 15 is 0 Å². The fourth-order valence-electron chi connectivity index (χ4n) is 2.66. The van der Waals surface area contributed by atoms with Crippen molar-refractivity contribution in [3.63, 3.8) is 0 Å². The number of ether oxygens (including phenoxy) is 1. The van der Waals surface area contributed by atoms with E-state index in [0.717, 1.165) is 31.4 Å². The Bertz CT molecular complexity index is 681. The zero-order chi connectivity index (χ0) is 16.9. The zero-order valence-electron chi connectivity index (χ0n) is 13.5. The molecule has 24 heavy (non-hydrogen) atoms. The van der Waals surface area contributed by atoms with Crippen LogP contribution in [0.25, 0.3) is 11.5 Å². The van der Waals surface area contributed by atoms with Gasteiger partial charge in [0.2, 0.25) is 5.91 Å². The van der Waals surface area contributed by atoms with E-state index < -0.39 is 0 Å². The molecular weight excluding hydrogens is 330 g/mol. The van der Waals surface area contributed by atoms with Crippen LogP contribution < -0.4 is 5.32 Å². The molecule has 1 N–H and O–H groups in total. The predicted molar refractivity (Wildman–Crippen MR) is 89.5 cm³/mol. The Balaban J connectivity index is 1.54. The first-order chi connectivity index (χ1) is 11.6. The van der Waals surface area contributed by atoms with E-state index in [2.05, 4.69) is 15.5 Å². The molecule has 1 aromatic carbocycles. The van der Waals surface area contributed by atoms with E-state index in [1.54, 1.807) is 12.1 Å². The first-order valence-electron chi connectivity index (χ1n) is 8.12. The van der Waals surface area contributed by atoms with Gasteiger partial charge in [-0.3, -0.25) is 4.79 Å². The number of carbonyl (C=O) groups excluding carboxylic acids is 1. The molecule has 6 nitrogen and oxygen atoms in total. The first-order valence-corrected chi connectivity index (χ1v) is 8.50. The van der Waals surface area contributed by atoms with E-state index in [1.165, 1.54) is 0 Å². The molecule has 0 spiro atoms. The number of halogens is 1. The van der Waals surface area contributed by atoms with Crippen LogP contribution in [-0.2, 0) is 9.53 Å². The van der Waals surface area contributed by atoms with Crippen molar-refractivity contribution >= 4 is 17.5 Å². The Hall–Kier alpha value is -1.92. The van der Waals surface area contributed by atoms with Gasteiger partial charge in [0.1, 0.15) is 0 Å². The monoisotopic (exact) mass is 349 g/mol. The molecule has 0 bridgehead atoms. The number of hydrogen-bond donors (Lipinski definition) is 1. The molecule has 0 radical (unpaired) electrons.